The predicted molar refractivity (Wildman–Crippen MR) is 79.6 cm³/mol. The van der Waals surface area contributed by atoms with Crippen LogP contribution in [0.15, 0.2) is 11.6 Å². The van der Waals surface area contributed by atoms with Crippen molar-refractivity contribution in [1.29, 1.82) is 0 Å². The smallest absolute Gasteiger partial charge is 0.364 e. The first kappa shape index (κ1) is 18.6. The molecule has 1 aliphatic rings. The zero-order chi connectivity index (χ0) is 16.8. The average molecular weight is 317 g/mol. The van der Waals surface area contributed by atoms with E-state index in [0.717, 1.165) is 31.1 Å². The standard InChI is InChI=1S/C16H25F2NO3/c1-4-6-9-13(5-2)14(22-12(3)20)16(17,18)15(21)19-10-7-8-11-19/h9,14H,4-8,10-11H2,1-3H3/b13-9+. The molecule has 0 aromatic heterocycles. The van der Waals surface area contributed by atoms with E-state index in [4.69, 9.17) is 4.74 Å². The number of ether oxygens (including phenoxy) is 1. The number of halogens is 2. The van der Waals surface area contributed by atoms with Crippen LogP contribution in [0.1, 0.15) is 52.9 Å². The number of hydrogen-bond donors (Lipinski definition) is 0. The fourth-order valence-corrected chi connectivity index (χ4v) is 2.56. The minimum absolute atomic E-state index is 0.301. The van der Waals surface area contributed by atoms with Crippen LogP contribution >= 0.6 is 0 Å². The first-order valence-corrected chi connectivity index (χ1v) is 7.87. The Morgan fingerprint density at radius 2 is 1.86 bits per heavy atom. The van der Waals surface area contributed by atoms with E-state index in [9.17, 15) is 18.4 Å². The molecule has 0 bridgehead atoms. The molecule has 4 nitrogen and oxygen atoms in total. The van der Waals surface area contributed by atoms with Gasteiger partial charge in [-0.2, -0.15) is 8.78 Å². The summed E-state index contributed by atoms with van der Waals surface area (Å²) in [5.74, 6) is -5.78. The molecule has 1 amide bonds. The molecule has 0 aromatic carbocycles. The van der Waals surface area contributed by atoms with Gasteiger partial charge in [-0.3, -0.25) is 9.59 Å². The van der Waals surface area contributed by atoms with Crippen LogP contribution in [0.5, 0.6) is 0 Å². The maximum Gasteiger partial charge on any atom is 0.364 e. The van der Waals surface area contributed by atoms with Gasteiger partial charge in [-0.25, -0.2) is 0 Å². The Balaban J connectivity index is 3.06. The number of nitrogens with zero attached hydrogens (tertiary/aromatic N) is 1. The second kappa shape index (κ2) is 8.25. The highest BCUT2D eigenvalue weighted by Gasteiger charge is 2.53. The topological polar surface area (TPSA) is 46.6 Å². The molecule has 0 spiro atoms. The SMILES string of the molecule is CCC/C=C(\CC)C(OC(C)=O)C(F)(F)C(=O)N1CCCC1. The molecule has 126 valence electrons. The van der Waals surface area contributed by atoms with Gasteiger partial charge in [0.2, 0.25) is 0 Å². The maximum absolute atomic E-state index is 14.6. The number of likely N-dealkylation sites (tertiary alicyclic amines) is 1. The number of allylic oxidation sites excluding steroid dienone is 1. The Labute approximate surface area is 130 Å². The van der Waals surface area contributed by atoms with Crippen molar-refractivity contribution >= 4 is 11.9 Å². The van der Waals surface area contributed by atoms with Crippen LogP contribution < -0.4 is 0 Å². The van der Waals surface area contributed by atoms with Gasteiger partial charge in [0.15, 0.2) is 6.10 Å². The summed E-state index contributed by atoms with van der Waals surface area (Å²) >= 11 is 0. The van der Waals surface area contributed by atoms with Crippen LogP contribution in [0, 0.1) is 0 Å². The van der Waals surface area contributed by atoms with Crippen molar-refractivity contribution in [3.63, 3.8) is 0 Å². The lowest BCUT2D eigenvalue weighted by atomic mass is 9.98. The lowest BCUT2D eigenvalue weighted by molar-refractivity contribution is -0.181. The first-order chi connectivity index (χ1) is 10.3. The van der Waals surface area contributed by atoms with Gasteiger partial charge < -0.3 is 9.64 Å². The van der Waals surface area contributed by atoms with Crippen LogP contribution in [-0.2, 0) is 14.3 Å². The van der Waals surface area contributed by atoms with Gasteiger partial charge in [-0.05, 0) is 31.3 Å². The minimum Gasteiger partial charge on any atom is -0.451 e. The Kier molecular flexibility index (Phi) is 6.97. The van der Waals surface area contributed by atoms with Crippen LogP contribution in [0.3, 0.4) is 0 Å². The average Bonchev–Trinajstić information content (AvgIpc) is 2.99. The molecule has 1 saturated heterocycles. The number of alkyl halides is 2. The zero-order valence-electron chi connectivity index (χ0n) is 13.5. The van der Waals surface area contributed by atoms with Crippen LogP contribution in [-0.4, -0.2) is 41.9 Å². The number of rotatable bonds is 7. The Morgan fingerprint density at radius 1 is 1.27 bits per heavy atom. The second-order valence-electron chi connectivity index (χ2n) is 5.53. The number of esters is 1. The van der Waals surface area contributed by atoms with Crippen molar-refractivity contribution in [2.75, 3.05) is 13.1 Å². The van der Waals surface area contributed by atoms with Crippen LogP contribution in [0.25, 0.3) is 0 Å². The normalized spacial score (nSPS) is 17.5. The Bertz CT molecular complexity index is 429. The zero-order valence-corrected chi connectivity index (χ0v) is 13.5. The number of carbonyl (C=O) groups excluding carboxylic acids is 2. The van der Waals surface area contributed by atoms with E-state index in [0.29, 0.717) is 31.5 Å². The van der Waals surface area contributed by atoms with E-state index in [1.54, 1.807) is 13.0 Å². The predicted octanol–water partition coefficient (Wildman–Crippen LogP) is 3.31. The highest BCUT2D eigenvalue weighted by Crippen LogP contribution is 2.32. The van der Waals surface area contributed by atoms with Gasteiger partial charge in [-0.15, -0.1) is 0 Å². The third-order valence-corrected chi connectivity index (χ3v) is 3.73. The fourth-order valence-electron chi connectivity index (χ4n) is 2.56. The third kappa shape index (κ3) is 4.52. The monoisotopic (exact) mass is 317 g/mol. The van der Waals surface area contributed by atoms with Gasteiger partial charge in [0.25, 0.3) is 5.91 Å². The molecule has 6 heteroatoms. The molecule has 1 atom stereocenters. The molecule has 0 radical (unpaired) electrons. The number of unbranched alkanes of at least 4 members (excludes halogenated alkanes) is 1. The second-order valence-corrected chi connectivity index (χ2v) is 5.53. The summed E-state index contributed by atoms with van der Waals surface area (Å²) in [6.07, 6.45) is 3.00. The molecule has 0 saturated carbocycles. The molecule has 1 aliphatic heterocycles. The van der Waals surface area contributed by atoms with Crippen LogP contribution in [0.2, 0.25) is 0 Å². The molecule has 1 rings (SSSR count). The molecule has 1 fully saturated rings. The lowest BCUT2D eigenvalue weighted by Gasteiger charge is -2.30. The molecule has 0 N–H and O–H groups in total. The molecule has 0 aliphatic carbocycles. The molecule has 1 heterocycles. The lowest BCUT2D eigenvalue weighted by Crippen LogP contribution is -2.51. The summed E-state index contributed by atoms with van der Waals surface area (Å²) in [4.78, 5) is 24.5. The van der Waals surface area contributed by atoms with Crippen molar-refractivity contribution in [3.05, 3.63) is 11.6 Å². The third-order valence-electron chi connectivity index (χ3n) is 3.73. The van der Waals surface area contributed by atoms with Crippen molar-refractivity contribution < 1.29 is 23.1 Å². The van der Waals surface area contributed by atoms with Crippen molar-refractivity contribution in [1.82, 2.24) is 4.90 Å². The number of hydrogen-bond acceptors (Lipinski definition) is 3. The summed E-state index contributed by atoms with van der Waals surface area (Å²) in [6.45, 7) is 5.39. The van der Waals surface area contributed by atoms with Gasteiger partial charge >= 0.3 is 11.9 Å². The van der Waals surface area contributed by atoms with Gasteiger partial charge in [0.05, 0.1) is 0 Å². The van der Waals surface area contributed by atoms with E-state index >= 15 is 0 Å². The van der Waals surface area contributed by atoms with E-state index in [1.807, 2.05) is 6.92 Å². The molecule has 22 heavy (non-hydrogen) atoms. The number of carbonyl (C=O) groups is 2. The van der Waals surface area contributed by atoms with Crippen molar-refractivity contribution in [3.8, 4) is 0 Å². The largest absolute Gasteiger partial charge is 0.451 e. The van der Waals surface area contributed by atoms with E-state index < -0.39 is 23.9 Å². The number of amides is 1. The van der Waals surface area contributed by atoms with E-state index in [-0.39, 0.29) is 0 Å². The van der Waals surface area contributed by atoms with Crippen molar-refractivity contribution in [2.24, 2.45) is 0 Å². The molecular weight excluding hydrogens is 292 g/mol. The molecule has 1 unspecified atom stereocenters. The maximum atomic E-state index is 14.6. The summed E-state index contributed by atoms with van der Waals surface area (Å²) in [7, 11) is 0. The molecule has 0 aromatic rings. The minimum atomic E-state index is -3.73. The summed E-state index contributed by atoms with van der Waals surface area (Å²) in [5.41, 5.74) is 0.301. The van der Waals surface area contributed by atoms with Gasteiger partial charge in [0, 0.05) is 20.0 Å². The van der Waals surface area contributed by atoms with Crippen LogP contribution in [0.4, 0.5) is 8.78 Å². The Hall–Kier alpha value is -1.46. The van der Waals surface area contributed by atoms with Gasteiger partial charge in [0.1, 0.15) is 0 Å². The highest BCUT2D eigenvalue weighted by molar-refractivity contribution is 5.85. The van der Waals surface area contributed by atoms with Gasteiger partial charge in [-0.1, -0.05) is 26.3 Å². The fraction of sp³-hybridized carbons (Fsp3) is 0.750. The first-order valence-electron chi connectivity index (χ1n) is 7.87. The highest BCUT2D eigenvalue weighted by atomic mass is 19.3. The Morgan fingerprint density at radius 3 is 2.32 bits per heavy atom. The quantitative estimate of drug-likeness (QED) is 0.534. The van der Waals surface area contributed by atoms with Crippen molar-refractivity contribution in [2.45, 2.75) is 64.9 Å². The molecular formula is C16H25F2NO3. The summed E-state index contributed by atoms with van der Waals surface area (Å²) in [5, 5.41) is 0. The van der Waals surface area contributed by atoms with E-state index in [2.05, 4.69) is 0 Å². The summed E-state index contributed by atoms with van der Waals surface area (Å²) in [6, 6.07) is 0. The summed E-state index contributed by atoms with van der Waals surface area (Å²) < 4.78 is 34.1. The van der Waals surface area contributed by atoms with E-state index in [1.165, 1.54) is 0 Å².